The zero-order valence-corrected chi connectivity index (χ0v) is 16.0. The predicted octanol–water partition coefficient (Wildman–Crippen LogP) is 3.19. The Hall–Kier alpha value is -1.95. The molecule has 0 amide bonds. The average Bonchev–Trinajstić information content (AvgIpc) is 3.22. The molecule has 6 heteroatoms. The van der Waals surface area contributed by atoms with Crippen LogP contribution in [0.5, 0.6) is 0 Å². The molecule has 3 fully saturated rings. The van der Waals surface area contributed by atoms with Crippen LogP contribution in [0.1, 0.15) is 56.8 Å². The number of ketones is 1. The molecule has 0 bridgehead atoms. The summed E-state index contributed by atoms with van der Waals surface area (Å²) in [5, 5.41) is 0. The Kier molecular flexibility index (Phi) is 4.29. The molecule has 6 nitrogen and oxygen atoms in total. The number of rotatable bonds is 5. The Balaban J connectivity index is 1.74. The molecular weight excluding hydrogens is 348 g/mol. The number of aldehydes is 1. The number of esters is 1. The molecule has 0 N–H and O–H groups in total. The van der Waals surface area contributed by atoms with E-state index in [0.29, 0.717) is 12.0 Å². The van der Waals surface area contributed by atoms with Crippen molar-refractivity contribution >= 4 is 18.0 Å². The van der Waals surface area contributed by atoms with Gasteiger partial charge in [-0.05, 0) is 31.2 Å². The molecule has 2 saturated carbocycles. The summed E-state index contributed by atoms with van der Waals surface area (Å²) in [7, 11) is 0. The van der Waals surface area contributed by atoms with Crippen LogP contribution in [0, 0.1) is 22.7 Å². The van der Waals surface area contributed by atoms with E-state index in [4.69, 9.17) is 13.9 Å². The summed E-state index contributed by atoms with van der Waals surface area (Å²) in [5.41, 5.74) is -0.706. The lowest BCUT2D eigenvalue weighted by Crippen LogP contribution is -2.60. The zero-order chi connectivity index (χ0) is 19.4. The number of hydrogen-bond acceptors (Lipinski definition) is 6. The number of hydrogen-bond donors (Lipinski definition) is 0. The van der Waals surface area contributed by atoms with Gasteiger partial charge in [0, 0.05) is 30.1 Å². The molecule has 0 spiro atoms. The van der Waals surface area contributed by atoms with Gasteiger partial charge in [-0.2, -0.15) is 0 Å². The molecule has 1 aromatic heterocycles. The summed E-state index contributed by atoms with van der Waals surface area (Å²) in [6.07, 6.45) is 6.22. The second kappa shape index (κ2) is 6.30. The number of fused-ring (bicyclic) bond motifs is 3. The summed E-state index contributed by atoms with van der Waals surface area (Å²) in [4.78, 5) is 37.2. The monoisotopic (exact) mass is 374 g/mol. The highest BCUT2D eigenvalue weighted by Crippen LogP contribution is 2.65. The first kappa shape index (κ1) is 18.4. The molecule has 27 heavy (non-hydrogen) atoms. The smallest absolute Gasteiger partial charge is 0.302 e. The van der Waals surface area contributed by atoms with Crippen LogP contribution in [0.3, 0.4) is 0 Å². The SMILES string of the molecule is CC(=O)OC1CC2(C)C3OC3CCC2C(C=O)(CC(=O)c2ccoc2)C1C. The first-order valence-corrected chi connectivity index (χ1v) is 9.66. The average molecular weight is 374 g/mol. The van der Waals surface area contributed by atoms with Crippen LogP contribution in [0.25, 0.3) is 0 Å². The van der Waals surface area contributed by atoms with E-state index < -0.39 is 11.5 Å². The maximum Gasteiger partial charge on any atom is 0.302 e. The molecule has 3 aliphatic rings. The van der Waals surface area contributed by atoms with Gasteiger partial charge in [-0.15, -0.1) is 0 Å². The van der Waals surface area contributed by atoms with Gasteiger partial charge < -0.3 is 18.7 Å². The van der Waals surface area contributed by atoms with Crippen molar-refractivity contribution in [1.82, 2.24) is 0 Å². The summed E-state index contributed by atoms with van der Waals surface area (Å²) < 4.78 is 16.6. The third kappa shape index (κ3) is 2.76. The van der Waals surface area contributed by atoms with Crippen molar-refractivity contribution < 1.29 is 28.3 Å². The zero-order valence-electron chi connectivity index (χ0n) is 16.0. The lowest BCUT2D eigenvalue weighted by atomic mass is 9.46. The lowest BCUT2D eigenvalue weighted by molar-refractivity contribution is -0.178. The predicted molar refractivity (Wildman–Crippen MR) is 95.0 cm³/mol. The normalized spacial score (nSPS) is 42.6. The second-order valence-electron chi connectivity index (χ2n) is 8.71. The number of Topliss-reactive ketones (excluding diaryl/α,β-unsaturated/α-hetero) is 1. The molecule has 0 radical (unpaired) electrons. The molecule has 7 atom stereocenters. The van der Waals surface area contributed by atoms with Crippen molar-refractivity contribution in [3.05, 3.63) is 24.2 Å². The topological polar surface area (TPSA) is 86.1 Å². The minimum absolute atomic E-state index is 0.0175. The standard InChI is InChI=1S/C21H26O6/c1-12-17(26-13(2)23)9-20(3)18(5-4-16-19(20)27-16)21(12,11-22)8-15(24)14-6-7-25-10-14/h6-7,10-12,16-19H,4-5,8-9H2,1-3H3. The van der Waals surface area contributed by atoms with Crippen LogP contribution in [0.15, 0.2) is 23.0 Å². The van der Waals surface area contributed by atoms with Crippen molar-refractivity contribution in [3.8, 4) is 0 Å². The van der Waals surface area contributed by atoms with Crippen LogP contribution >= 0.6 is 0 Å². The third-order valence-electron chi connectivity index (χ3n) is 7.31. The second-order valence-corrected chi connectivity index (χ2v) is 8.71. The number of carbonyl (C=O) groups excluding carboxylic acids is 3. The fourth-order valence-corrected chi connectivity index (χ4v) is 5.89. The summed E-state index contributed by atoms with van der Waals surface area (Å²) in [5.74, 6) is -0.710. The van der Waals surface area contributed by atoms with Gasteiger partial charge in [0.15, 0.2) is 5.78 Å². The Bertz CT molecular complexity index is 755. The number of furan rings is 1. The van der Waals surface area contributed by atoms with Crippen LogP contribution in [0.4, 0.5) is 0 Å². The van der Waals surface area contributed by atoms with Crippen molar-refractivity contribution in [2.75, 3.05) is 0 Å². The van der Waals surface area contributed by atoms with Crippen molar-refractivity contribution in [2.45, 2.75) is 64.8 Å². The Morgan fingerprint density at radius 2 is 2.15 bits per heavy atom. The van der Waals surface area contributed by atoms with Gasteiger partial charge in [-0.1, -0.05) is 13.8 Å². The highest BCUT2D eigenvalue weighted by atomic mass is 16.6. The van der Waals surface area contributed by atoms with Crippen molar-refractivity contribution in [2.24, 2.45) is 22.7 Å². The molecule has 1 aromatic rings. The Labute approximate surface area is 158 Å². The number of ether oxygens (including phenoxy) is 2. The van der Waals surface area contributed by atoms with Crippen molar-refractivity contribution in [3.63, 3.8) is 0 Å². The molecule has 146 valence electrons. The number of carbonyl (C=O) groups is 3. The van der Waals surface area contributed by atoms with Crippen LogP contribution in [0.2, 0.25) is 0 Å². The van der Waals surface area contributed by atoms with Crippen LogP contribution in [-0.4, -0.2) is 36.4 Å². The molecule has 2 aliphatic carbocycles. The fraction of sp³-hybridized carbons (Fsp3) is 0.667. The van der Waals surface area contributed by atoms with Crippen LogP contribution < -0.4 is 0 Å². The van der Waals surface area contributed by atoms with E-state index in [1.54, 1.807) is 6.07 Å². The van der Waals surface area contributed by atoms with E-state index >= 15 is 0 Å². The summed E-state index contributed by atoms with van der Waals surface area (Å²) in [6.45, 7) is 5.45. The van der Waals surface area contributed by atoms with Gasteiger partial charge >= 0.3 is 5.97 Å². The van der Waals surface area contributed by atoms with Gasteiger partial charge in [-0.3, -0.25) is 9.59 Å². The molecular formula is C21H26O6. The van der Waals surface area contributed by atoms with E-state index in [1.165, 1.54) is 19.5 Å². The van der Waals surface area contributed by atoms with E-state index in [9.17, 15) is 14.4 Å². The highest BCUT2D eigenvalue weighted by Gasteiger charge is 2.68. The Morgan fingerprint density at radius 3 is 2.78 bits per heavy atom. The molecule has 1 aliphatic heterocycles. The van der Waals surface area contributed by atoms with Crippen LogP contribution in [-0.2, 0) is 19.1 Å². The maximum atomic E-state index is 12.9. The van der Waals surface area contributed by atoms with Gasteiger partial charge in [0.25, 0.3) is 0 Å². The van der Waals surface area contributed by atoms with Gasteiger partial charge in [0.05, 0.1) is 24.0 Å². The highest BCUT2D eigenvalue weighted by molar-refractivity contribution is 5.97. The third-order valence-corrected chi connectivity index (χ3v) is 7.31. The molecule has 0 aromatic carbocycles. The quantitative estimate of drug-likeness (QED) is 0.340. The van der Waals surface area contributed by atoms with Gasteiger partial charge in [0.1, 0.15) is 18.7 Å². The molecule has 7 unspecified atom stereocenters. The lowest BCUT2D eigenvalue weighted by Gasteiger charge is -2.57. The van der Waals surface area contributed by atoms with Crippen molar-refractivity contribution in [1.29, 1.82) is 0 Å². The first-order chi connectivity index (χ1) is 12.8. The Morgan fingerprint density at radius 1 is 1.37 bits per heavy atom. The van der Waals surface area contributed by atoms with E-state index in [1.807, 2.05) is 6.92 Å². The summed E-state index contributed by atoms with van der Waals surface area (Å²) in [6, 6.07) is 1.62. The minimum atomic E-state index is -0.890. The molecule has 1 saturated heterocycles. The van der Waals surface area contributed by atoms with Gasteiger partial charge in [-0.25, -0.2) is 0 Å². The maximum absolute atomic E-state index is 12.9. The fourth-order valence-electron chi connectivity index (χ4n) is 5.89. The molecule has 2 heterocycles. The van der Waals surface area contributed by atoms with Gasteiger partial charge in [0.2, 0.25) is 0 Å². The summed E-state index contributed by atoms with van der Waals surface area (Å²) >= 11 is 0. The first-order valence-electron chi connectivity index (χ1n) is 9.66. The van der Waals surface area contributed by atoms with E-state index in [2.05, 4.69) is 6.92 Å². The minimum Gasteiger partial charge on any atom is -0.472 e. The largest absolute Gasteiger partial charge is 0.472 e. The number of epoxide rings is 1. The van der Waals surface area contributed by atoms with E-state index in [-0.39, 0.29) is 47.6 Å². The van der Waals surface area contributed by atoms with E-state index in [0.717, 1.165) is 19.1 Å². The molecule has 4 rings (SSSR count).